The molecule has 5 nitrogen and oxygen atoms in total. The van der Waals surface area contributed by atoms with Crippen LogP contribution < -0.4 is 10.9 Å². The second-order valence-corrected chi connectivity index (χ2v) is 5.81. The maximum atomic E-state index is 14.0. The Balaban J connectivity index is 2.62. The summed E-state index contributed by atoms with van der Waals surface area (Å²) in [4.78, 5) is 24.3. The van der Waals surface area contributed by atoms with Gasteiger partial charge in [0.15, 0.2) is 0 Å². The van der Waals surface area contributed by atoms with Crippen molar-refractivity contribution >= 4 is 33.4 Å². The predicted octanol–water partition coefficient (Wildman–Crippen LogP) is 3.38. The predicted molar refractivity (Wildman–Crippen MR) is 89.8 cm³/mol. The Morgan fingerprint density at radius 1 is 1.39 bits per heavy atom. The zero-order chi connectivity index (χ0) is 17.1. The van der Waals surface area contributed by atoms with Crippen LogP contribution in [0.2, 0.25) is 0 Å². The first-order valence-electron chi connectivity index (χ1n) is 6.92. The summed E-state index contributed by atoms with van der Waals surface area (Å²) in [7, 11) is 2.77. The highest BCUT2D eigenvalue weighted by molar-refractivity contribution is 9.10. The zero-order valence-corrected chi connectivity index (χ0v) is 14.5. The number of aryl methyl sites for hydroxylation is 1. The van der Waals surface area contributed by atoms with Crippen molar-refractivity contribution in [1.82, 2.24) is 4.57 Å². The lowest BCUT2D eigenvalue weighted by Crippen LogP contribution is -2.26. The van der Waals surface area contributed by atoms with Gasteiger partial charge >= 0.3 is 5.97 Å². The van der Waals surface area contributed by atoms with E-state index in [1.807, 2.05) is 6.92 Å². The number of ether oxygens (including phenoxy) is 1. The number of pyridine rings is 1. The number of carbonyl (C=O) groups excluding carboxylic acids is 1. The van der Waals surface area contributed by atoms with Crippen molar-refractivity contribution in [3.8, 4) is 0 Å². The van der Waals surface area contributed by atoms with E-state index < -0.39 is 11.8 Å². The van der Waals surface area contributed by atoms with E-state index in [1.165, 1.54) is 36.9 Å². The smallest absolute Gasteiger partial charge is 0.341 e. The molecule has 1 heterocycles. The minimum absolute atomic E-state index is 0.151. The van der Waals surface area contributed by atoms with E-state index in [2.05, 4.69) is 21.2 Å². The minimum atomic E-state index is -0.602. The van der Waals surface area contributed by atoms with Crippen molar-refractivity contribution in [2.45, 2.75) is 13.3 Å². The zero-order valence-electron chi connectivity index (χ0n) is 12.9. The molecule has 0 atom stereocenters. The van der Waals surface area contributed by atoms with Gasteiger partial charge in [0.1, 0.15) is 17.2 Å². The second kappa shape index (κ2) is 6.95. The van der Waals surface area contributed by atoms with Gasteiger partial charge in [0.25, 0.3) is 5.56 Å². The van der Waals surface area contributed by atoms with Crippen molar-refractivity contribution in [2.75, 3.05) is 12.4 Å². The van der Waals surface area contributed by atoms with Crippen LogP contribution in [-0.2, 0) is 18.2 Å². The molecule has 0 unspecified atom stereocenters. The van der Waals surface area contributed by atoms with Crippen LogP contribution in [0.5, 0.6) is 0 Å². The molecule has 0 aliphatic carbocycles. The highest BCUT2D eigenvalue weighted by Gasteiger charge is 2.19. The Labute approximate surface area is 141 Å². The molecule has 2 rings (SSSR count). The van der Waals surface area contributed by atoms with Crippen LogP contribution in [0.3, 0.4) is 0 Å². The van der Waals surface area contributed by atoms with Crippen molar-refractivity contribution in [3.05, 3.63) is 56.0 Å². The topological polar surface area (TPSA) is 60.3 Å². The fraction of sp³-hybridized carbons (Fsp3) is 0.250. The number of carbonyl (C=O) groups is 1. The molecular weight excluding hydrogens is 367 g/mol. The Kier molecular flexibility index (Phi) is 5.20. The summed E-state index contributed by atoms with van der Waals surface area (Å²) >= 11 is 3.18. The molecule has 0 saturated heterocycles. The molecule has 0 bridgehead atoms. The first kappa shape index (κ1) is 17.2. The van der Waals surface area contributed by atoms with E-state index in [0.29, 0.717) is 16.5 Å². The minimum Gasteiger partial charge on any atom is -0.465 e. The first-order chi connectivity index (χ1) is 10.9. The van der Waals surface area contributed by atoms with Gasteiger partial charge in [-0.05, 0) is 30.7 Å². The summed E-state index contributed by atoms with van der Waals surface area (Å²) in [5, 5.41) is 2.81. The van der Waals surface area contributed by atoms with E-state index in [1.54, 1.807) is 6.07 Å². The molecule has 0 fully saturated rings. The van der Waals surface area contributed by atoms with Gasteiger partial charge in [-0.25, -0.2) is 9.18 Å². The van der Waals surface area contributed by atoms with Gasteiger partial charge in [-0.1, -0.05) is 22.9 Å². The quantitative estimate of drug-likeness (QED) is 0.823. The monoisotopic (exact) mass is 382 g/mol. The molecule has 0 spiro atoms. The van der Waals surface area contributed by atoms with E-state index in [-0.39, 0.29) is 22.6 Å². The van der Waals surface area contributed by atoms with E-state index in [4.69, 9.17) is 4.74 Å². The lowest BCUT2D eigenvalue weighted by atomic mass is 10.1. The van der Waals surface area contributed by atoms with Crippen LogP contribution in [0.4, 0.5) is 15.9 Å². The Morgan fingerprint density at radius 3 is 2.65 bits per heavy atom. The van der Waals surface area contributed by atoms with Gasteiger partial charge in [0, 0.05) is 17.1 Å². The number of aromatic nitrogens is 1. The van der Waals surface area contributed by atoms with E-state index >= 15 is 0 Å². The Morgan fingerprint density at radius 2 is 2.09 bits per heavy atom. The van der Waals surface area contributed by atoms with Gasteiger partial charge in [0.2, 0.25) is 0 Å². The third kappa shape index (κ3) is 3.44. The molecule has 2 aromatic rings. The normalized spacial score (nSPS) is 10.5. The maximum Gasteiger partial charge on any atom is 0.341 e. The average molecular weight is 383 g/mol. The first-order valence-corrected chi connectivity index (χ1v) is 7.71. The molecule has 23 heavy (non-hydrogen) atoms. The molecule has 7 heteroatoms. The number of benzene rings is 1. The van der Waals surface area contributed by atoms with E-state index in [9.17, 15) is 14.0 Å². The van der Waals surface area contributed by atoms with Gasteiger partial charge in [0.05, 0.1) is 12.8 Å². The van der Waals surface area contributed by atoms with Crippen LogP contribution in [0.15, 0.2) is 33.5 Å². The second-order valence-electron chi connectivity index (χ2n) is 4.89. The molecule has 1 aromatic carbocycles. The number of anilines is 2. The van der Waals surface area contributed by atoms with Gasteiger partial charge in [-0.2, -0.15) is 0 Å². The number of hydrogen-bond donors (Lipinski definition) is 1. The summed E-state index contributed by atoms with van der Waals surface area (Å²) < 4.78 is 20.7. The third-order valence-corrected chi connectivity index (χ3v) is 3.95. The van der Waals surface area contributed by atoms with Crippen molar-refractivity contribution in [2.24, 2.45) is 7.05 Å². The third-order valence-electron chi connectivity index (χ3n) is 3.46. The highest BCUT2D eigenvalue weighted by atomic mass is 79.9. The molecule has 1 N–H and O–H groups in total. The molecule has 0 aliphatic rings. The summed E-state index contributed by atoms with van der Waals surface area (Å²) in [6.45, 7) is 1.82. The lowest BCUT2D eigenvalue weighted by molar-refractivity contribution is 0.0601. The Hall–Kier alpha value is -2.15. The molecule has 0 aliphatic heterocycles. The van der Waals surface area contributed by atoms with Crippen LogP contribution in [0.25, 0.3) is 0 Å². The number of rotatable bonds is 4. The average Bonchev–Trinajstić information content (AvgIpc) is 2.53. The molecule has 122 valence electrons. The summed E-state index contributed by atoms with van der Waals surface area (Å²) in [6, 6.07) is 5.94. The number of halogens is 2. The Bertz CT molecular complexity index is 818. The standard InChI is InChI=1S/C16H16BrFN2O3/c1-4-9-7-11(16(22)23-3)14(20(2)15(9)21)19-13-6-5-10(17)8-12(13)18/h5-8,19H,4H2,1-3H3. The maximum absolute atomic E-state index is 14.0. The van der Waals surface area contributed by atoms with Gasteiger partial charge in [-0.15, -0.1) is 0 Å². The molecule has 0 amide bonds. The van der Waals surface area contributed by atoms with Crippen molar-refractivity contribution in [1.29, 1.82) is 0 Å². The van der Waals surface area contributed by atoms with Crippen LogP contribution in [0.1, 0.15) is 22.8 Å². The molecule has 0 radical (unpaired) electrons. The number of nitrogens with one attached hydrogen (secondary N) is 1. The molecule has 1 aromatic heterocycles. The van der Waals surface area contributed by atoms with Crippen molar-refractivity contribution < 1.29 is 13.9 Å². The van der Waals surface area contributed by atoms with Crippen LogP contribution in [-0.4, -0.2) is 17.6 Å². The number of methoxy groups -OCH3 is 1. The summed E-state index contributed by atoms with van der Waals surface area (Å²) in [6.07, 6.45) is 0.476. The largest absolute Gasteiger partial charge is 0.465 e. The fourth-order valence-corrected chi connectivity index (χ4v) is 2.52. The summed E-state index contributed by atoms with van der Waals surface area (Å²) in [5.74, 6) is -0.933. The fourth-order valence-electron chi connectivity index (χ4n) is 2.19. The number of esters is 1. The summed E-state index contributed by atoms with van der Waals surface area (Å²) in [5.41, 5.74) is 0.557. The lowest BCUT2D eigenvalue weighted by Gasteiger charge is -2.16. The number of hydrogen-bond acceptors (Lipinski definition) is 4. The molecule has 0 saturated carbocycles. The highest BCUT2D eigenvalue weighted by Crippen LogP contribution is 2.25. The van der Waals surface area contributed by atoms with Crippen molar-refractivity contribution in [3.63, 3.8) is 0 Å². The van der Waals surface area contributed by atoms with E-state index in [0.717, 1.165) is 0 Å². The van der Waals surface area contributed by atoms with Gasteiger partial charge < -0.3 is 10.1 Å². The molecular formula is C16H16BrFN2O3. The van der Waals surface area contributed by atoms with Gasteiger partial charge in [-0.3, -0.25) is 9.36 Å². The van der Waals surface area contributed by atoms with Crippen LogP contribution >= 0.6 is 15.9 Å². The SMILES string of the molecule is CCc1cc(C(=O)OC)c(Nc2ccc(Br)cc2F)n(C)c1=O. The van der Waals surface area contributed by atoms with Crippen LogP contribution in [0, 0.1) is 5.82 Å². The number of nitrogens with zero attached hydrogens (tertiary/aromatic N) is 1.